The van der Waals surface area contributed by atoms with Crippen LogP contribution in [0.4, 0.5) is 17.1 Å². The minimum Gasteiger partial charge on any atom is -0.456 e. The first kappa shape index (κ1) is 25.3. The van der Waals surface area contributed by atoms with Crippen LogP contribution in [-0.4, -0.2) is 0 Å². The molecule has 2 aromatic heterocycles. The summed E-state index contributed by atoms with van der Waals surface area (Å²) < 4.78 is 13.0. The molecule has 0 saturated heterocycles. The fourth-order valence-corrected chi connectivity index (χ4v) is 7.81. The lowest BCUT2D eigenvalue weighted by Crippen LogP contribution is -2.37. The third kappa shape index (κ3) is 3.37. The molecule has 0 unspecified atom stereocenters. The van der Waals surface area contributed by atoms with Crippen molar-refractivity contribution in [2.75, 3.05) is 4.90 Å². The van der Waals surface area contributed by atoms with Crippen molar-refractivity contribution in [3.63, 3.8) is 0 Å². The Hall–Kier alpha value is -6.06. The maximum absolute atomic E-state index is 6.51. The van der Waals surface area contributed by atoms with Gasteiger partial charge >= 0.3 is 0 Å². The third-order valence-electron chi connectivity index (χ3n) is 9.74. The Morgan fingerprint density at radius 3 is 1.35 bits per heavy atom. The molecule has 0 saturated carbocycles. The SMILES string of the molecule is c1ccc(N2c3ccccc3C(c3ccc4c(c3)oc3ccccc34)(c3ccc4c(c3)oc3ccccc34)c3ccccc32)cc1. The quantitative estimate of drug-likeness (QED) is 0.205. The summed E-state index contributed by atoms with van der Waals surface area (Å²) in [6, 6.07) is 58.4. The fraction of sp³-hybridized carbons (Fsp3) is 0.0233. The van der Waals surface area contributed by atoms with Crippen molar-refractivity contribution in [3.05, 3.63) is 186 Å². The lowest BCUT2D eigenvalue weighted by molar-refractivity contribution is 0.660. The van der Waals surface area contributed by atoms with E-state index in [4.69, 9.17) is 8.83 Å². The Kier molecular flexibility index (Phi) is 5.20. The number of para-hydroxylation sites is 5. The molecule has 1 aliphatic rings. The topological polar surface area (TPSA) is 29.5 Å². The maximum Gasteiger partial charge on any atom is 0.135 e. The molecule has 0 radical (unpaired) electrons. The van der Waals surface area contributed by atoms with Crippen molar-refractivity contribution in [1.82, 2.24) is 0 Å². The molecule has 7 aromatic carbocycles. The van der Waals surface area contributed by atoms with Gasteiger partial charge < -0.3 is 13.7 Å². The van der Waals surface area contributed by atoms with Crippen molar-refractivity contribution < 1.29 is 8.83 Å². The van der Waals surface area contributed by atoms with Crippen LogP contribution in [0.15, 0.2) is 173 Å². The molecular weight excluding hydrogens is 562 g/mol. The van der Waals surface area contributed by atoms with E-state index in [-0.39, 0.29) is 0 Å². The highest BCUT2D eigenvalue weighted by Crippen LogP contribution is 2.58. The van der Waals surface area contributed by atoms with Crippen molar-refractivity contribution in [1.29, 1.82) is 0 Å². The minimum atomic E-state index is -0.668. The Morgan fingerprint density at radius 2 is 0.804 bits per heavy atom. The van der Waals surface area contributed by atoms with Gasteiger partial charge in [-0.3, -0.25) is 0 Å². The van der Waals surface area contributed by atoms with Crippen LogP contribution in [0.2, 0.25) is 0 Å². The zero-order valence-electron chi connectivity index (χ0n) is 24.9. The predicted octanol–water partition coefficient (Wildman–Crippen LogP) is 11.7. The molecule has 0 N–H and O–H groups in total. The van der Waals surface area contributed by atoms with E-state index in [1.165, 1.54) is 11.1 Å². The van der Waals surface area contributed by atoms with Crippen molar-refractivity contribution in [2.24, 2.45) is 0 Å². The van der Waals surface area contributed by atoms with E-state index in [0.717, 1.165) is 72.1 Å². The minimum absolute atomic E-state index is 0.668. The molecule has 0 aliphatic carbocycles. The molecule has 1 aliphatic heterocycles. The van der Waals surface area contributed by atoms with Crippen LogP contribution in [0.5, 0.6) is 0 Å². The van der Waals surface area contributed by atoms with Crippen LogP contribution in [-0.2, 0) is 5.41 Å². The van der Waals surface area contributed by atoms with Gasteiger partial charge in [0.2, 0.25) is 0 Å². The Balaban J connectivity index is 1.35. The molecule has 46 heavy (non-hydrogen) atoms. The molecule has 216 valence electrons. The molecule has 10 rings (SSSR count). The number of fused-ring (bicyclic) bond motifs is 8. The summed E-state index contributed by atoms with van der Waals surface area (Å²) in [6.45, 7) is 0. The number of furan rings is 2. The second-order valence-corrected chi connectivity index (χ2v) is 12.1. The van der Waals surface area contributed by atoms with Gasteiger partial charge in [-0.1, -0.05) is 115 Å². The Bertz CT molecular complexity index is 2450. The fourth-order valence-electron chi connectivity index (χ4n) is 7.81. The van der Waals surface area contributed by atoms with Gasteiger partial charge in [-0.05, 0) is 70.8 Å². The maximum atomic E-state index is 6.51. The van der Waals surface area contributed by atoms with Gasteiger partial charge in [0.05, 0.1) is 16.8 Å². The van der Waals surface area contributed by atoms with E-state index in [9.17, 15) is 0 Å². The van der Waals surface area contributed by atoms with Crippen LogP contribution in [0, 0.1) is 0 Å². The van der Waals surface area contributed by atoms with Crippen LogP contribution < -0.4 is 4.90 Å². The van der Waals surface area contributed by atoms with Crippen LogP contribution >= 0.6 is 0 Å². The molecule has 0 fully saturated rings. The van der Waals surface area contributed by atoms with Gasteiger partial charge in [0.15, 0.2) is 0 Å². The summed E-state index contributed by atoms with van der Waals surface area (Å²) in [5.41, 5.74) is 11.0. The Labute approximate surface area is 265 Å². The summed E-state index contributed by atoms with van der Waals surface area (Å²) in [5, 5.41) is 4.49. The highest BCUT2D eigenvalue weighted by atomic mass is 16.3. The first-order valence-corrected chi connectivity index (χ1v) is 15.7. The van der Waals surface area contributed by atoms with Gasteiger partial charge in [0, 0.05) is 27.2 Å². The van der Waals surface area contributed by atoms with E-state index >= 15 is 0 Å². The monoisotopic (exact) mass is 589 g/mol. The number of nitrogens with zero attached hydrogens (tertiary/aromatic N) is 1. The van der Waals surface area contributed by atoms with E-state index < -0.39 is 5.41 Å². The lowest BCUT2D eigenvalue weighted by Gasteiger charge is -2.46. The van der Waals surface area contributed by atoms with Crippen molar-refractivity contribution in [3.8, 4) is 0 Å². The smallest absolute Gasteiger partial charge is 0.135 e. The van der Waals surface area contributed by atoms with Gasteiger partial charge in [0.25, 0.3) is 0 Å². The second-order valence-electron chi connectivity index (χ2n) is 12.1. The molecule has 0 atom stereocenters. The normalized spacial score (nSPS) is 13.8. The predicted molar refractivity (Wildman–Crippen MR) is 188 cm³/mol. The highest BCUT2D eigenvalue weighted by Gasteiger charge is 2.46. The first-order valence-electron chi connectivity index (χ1n) is 15.7. The average molecular weight is 590 g/mol. The molecule has 0 bridgehead atoms. The van der Waals surface area contributed by atoms with Crippen molar-refractivity contribution >= 4 is 60.9 Å². The molecule has 0 spiro atoms. The lowest BCUT2D eigenvalue weighted by atomic mass is 9.62. The molecular formula is C43H27NO2. The number of hydrogen-bond acceptors (Lipinski definition) is 3. The molecule has 0 amide bonds. The number of anilines is 3. The summed E-state index contributed by atoms with van der Waals surface area (Å²) in [6.07, 6.45) is 0. The van der Waals surface area contributed by atoms with E-state index in [2.05, 4.69) is 144 Å². The number of benzene rings is 7. The van der Waals surface area contributed by atoms with Gasteiger partial charge in [0.1, 0.15) is 22.3 Å². The molecule has 9 aromatic rings. The molecule has 3 heteroatoms. The number of hydrogen-bond donors (Lipinski definition) is 0. The van der Waals surface area contributed by atoms with E-state index in [1.807, 2.05) is 24.3 Å². The number of rotatable bonds is 3. The summed E-state index contributed by atoms with van der Waals surface area (Å²) in [5.74, 6) is 0. The zero-order chi connectivity index (χ0) is 30.2. The van der Waals surface area contributed by atoms with Gasteiger partial charge in [-0.25, -0.2) is 0 Å². The van der Waals surface area contributed by atoms with Gasteiger partial charge in [-0.15, -0.1) is 0 Å². The van der Waals surface area contributed by atoms with Crippen molar-refractivity contribution in [2.45, 2.75) is 5.41 Å². The first-order chi connectivity index (χ1) is 22.8. The van der Waals surface area contributed by atoms with Crippen LogP contribution in [0.1, 0.15) is 22.3 Å². The zero-order valence-corrected chi connectivity index (χ0v) is 24.9. The average Bonchev–Trinajstić information content (AvgIpc) is 3.68. The van der Waals surface area contributed by atoms with Crippen LogP contribution in [0.25, 0.3) is 43.9 Å². The summed E-state index contributed by atoms with van der Waals surface area (Å²) >= 11 is 0. The standard InChI is InChI=1S/C43H27NO2/c1-2-12-30(13-3-1)44-37-18-8-6-16-35(37)43(36-17-7-9-19-38(36)44,28-22-24-33-31-14-4-10-20-39(31)45-41(33)26-28)29-23-25-34-32-15-5-11-21-40(32)46-42(34)27-29/h1-27H. The van der Waals surface area contributed by atoms with E-state index in [1.54, 1.807) is 0 Å². The summed E-state index contributed by atoms with van der Waals surface area (Å²) in [7, 11) is 0. The highest BCUT2D eigenvalue weighted by molar-refractivity contribution is 6.06. The summed E-state index contributed by atoms with van der Waals surface area (Å²) in [4.78, 5) is 2.39. The largest absolute Gasteiger partial charge is 0.456 e. The van der Waals surface area contributed by atoms with E-state index in [0.29, 0.717) is 0 Å². The molecule has 3 nitrogen and oxygen atoms in total. The molecule has 3 heterocycles. The van der Waals surface area contributed by atoms with Crippen LogP contribution in [0.3, 0.4) is 0 Å². The second kappa shape index (κ2) is 9.47. The van der Waals surface area contributed by atoms with Gasteiger partial charge in [-0.2, -0.15) is 0 Å². The third-order valence-corrected chi connectivity index (χ3v) is 9.74. The Morgan fingerprint density at radius 1 is 0.370 bits per heavy atom.